The zero-order valence-electron chi connectivity index (χ0n) is 31.0. The van der Waals surface area contributed by atoms with Crippen LogP contribution >= 0.6 is 0 Å². The number of hydrogen-bond acceptors (Lipinski definition) is 5. The summed E-state index contributed by atoms with van der Waals surface area (Å²) in [7, 11) is 0. The molecular formula is C52H31N5O. The van der Waals surface area contributed by atoms with Gasteiger partial charge in [-0.3, -0.25) is 4.98 Å². The summed E-state index contributed by atoms with van der Waals surface area (Å²) in [5, 5.41) is 9.33. The number of fused-ring (bicyclic) bond motifs is 8. The molecule has 0 aliphatic carbocycles. The van der Waals surface area contributed by atoms with Crippen molar-refractivity contribution in [2.24, 2.45) is 0 Å². The molecule has 0 saturated heterocycles. The second-order valence-electron chi connectivity index (χ2n) is 14.7. The largest absolute Gasteiger partial charge is 0.454 e. The van der Waals surface area contributed by atoms with Crippen molar-refractivity contribution < 1.29 is 4.42 Å². The van der Waals surface area contributed by atoms with Gasteiger partial charge in [0.15, 0.2) is 23.1 Å². The fourth-order valence-electron chi connectivity index (χ4n) is 8.41. The van der Waals surface area contributed by atoms with Crippen LogP contribution in [-0.2, 0) is 0 Å². The quantitative estimate of drug-likeness (QED) is 0.176. The molecule has 0 unspecified atom stereocenters. The van der Waals surface area contributed by atoms with Crippen LogP contribution in [0.4, 0.5) is 0 Å². The molecule has 270 valence electrons. The minimum atomic E-state index is 0.575. The van der Waals surface area contributed by atoms with E-state index >= 15 is 0 Å². The van der Waals surface area contributed by atoms with E-state index in [1.54, 1.807) is 12.4 Å². The summed E-state index contributed by atoms with van der Waals surface area (Å²) in [5.74, 6) is 1.78. The topological polar surface area (TPSA) is 69.6 Å². The molecule has 12 aromatic rings. The van der Waals surface area contributed by atoms with Crippen molar-refractivity contribution in [2.75, 3.05) is 0 Å². The van der Waals surface area contributed by atoms with Crippen LogP contribution in [0.25, 0.3) is 116 Å². The maximum atomic E-state index is 6.19. The fourth-order valence-corrected chi connectivity index (χ4v) is 8.41. The summed E-state index contributed by atoms with van der Waals surface area (Å²) in [5.41, 5.74) is 9.94. The number of para-hydroxylation sites is 1. The molecule has 4 aromatic heterocycles. The lowest BCUT2D eigenvalue weighted by Gasteiger charge is -2.11. The van der Waals surface area contributed by atoms with Crippen molar-refractivity contribution in [3.63, 3.8) is 0 Å². The molecule has 0 spiro atoms. The van der Waals surface area contributed by atoms with Gasteiger partial charge in [-0.05, 0) is 87.3 Å². The first kappa shape index (κ1) is 32.3. The van der Waals surface area contributed by atoms with E-state index in [0.29, 0.717) is 17.5 Å². The van der Waals surface area contributed by atoms with Crippen molar-refractivity contribution in [3.8, 4) is 51.0 Å². The molecule has 0 bridgehead atoms. The Kier molecular flexibility index (Phi) is 7.13. The number of pyridine rings is 1. The predicted molar refractivity (Wildman–Crippen MR) is 236 cm³/mol. The molecule has 0 N–H and O–H groups in total. The molecule has 0 amide bonds. The molecule has 0 aliphatic heterocycles. The monoisotopic (exact) mass is 741 g/mol. The van der Waals surface area contributed by atoms with Crippen LogP contribution in [0.3, 0.4) is 0 Å². The van der Waals surface area contributed by atoms with Gasteiger partial charge in [0.05, 0.1) is 17.2 Å². The molecule has 12 rings (SSSR count). The lowest BCUT2D eigenvalue weighted by atomic mass is 10.0. The van der Waals surface area contributed by atoms with Crippen LogP contribution in [0.5, 0.6) is 0 Å². The second-order valence-corrected chi connectivity index (χ2v) is 14.7. The van der Waals surface area contributed by atoms with Gasteiger partial charge in [-0.1, -0.05) is 121 Å². The number of hydrogen-bond donors (Lipinski definition) is 0. The number of aromatic nitrogens is 5. The summed E-state index contributed by atoms with van der Waals surface area (Å²) in [6.45, 7) is 0. The molecule has 0 aliphatic rings. The number of benzene rings is 8. The Morgan fingerprint density at radius 1 is 0.362 bits per heavy atom. The molecule has 0 fully saturated rings. The molecule has 0 saturated carbocycles. The van der Waals surface area contributed by atoms with E-state index in [-0.39, 0.29) is 0 Å². The van der Waals surface area contributed by atoms with Gasteiger partial charge < -0.3 is 8.98 Å². The lowest BCUT2D eigenvalue weighted by Crippen LogP contribution is -2.00. The van der Waals surface area contributed by atoms with Crippen LogP contribution in [-0.4, -0.2) is 24.5 Å². The lowest BCUT2D eigenvalue weighted by molar-refractivity contribution is 0.667. The Hall–Kier alpha value is -7.96. The molecule has 0 radical (unpaired) electrons. The third kappa shape index (κ3) is 5.27. The van der Waals surface area contributed by atoms with Gasteiger partial charge >= 0.3 is 0 Å². The summed E-state index contributed by atoms with van der Waals surface area (Å²) >= 11 is 0. The minimum absolute atomic E-state index is 0.575. The standard InChI is InChI=1S/C52H31N5O/c1-2-8-36-27-39(18-15-32(36)7-1)51-54-50(55-52(56-51)40-21-24-43-44-25-26-53-31-49(44)58-48(43)30-40)35-16-13-33(14-17-35)34-19-22-41(23-20-34)57-46-12-6-5-11-42(46)45-28-37-9-3-4-10-38(37)29-47(45)57/h1-31H. The molecule has 6 heteroatoms. The Bertz CT molecular complexity index is 3570. The predicted octanol–water partition coefficient (Wildman–Crippen LogP) is 13.2. The van der Waals surface area contributed by atoms with Gasteiger partial charge in [0.2, 0.25) is 0 Å². The van der Waals surface area contributed by atoms with E-state index in [1.165, 1.54) is 32.6 Å². The van der Waals surface area contributed by atoms with E-state index in [9.17, 15) is 0 Å². The van der Waals surface area contributed by atoms with Crippen LogP contribution in [0.2, 0.25) is 0 Å². The Morgan fingerprint density at radius 3 is 1.71 bits per heavy atom. The van der Waals surface area contributed by atoms with E-state index in [0.717, 1.165) is 66.2 Å². The third-order valence-electron chi connectivity index (χ3n) is 11.3. The normalized spacial score (nSPS) is 11.8. The molecule has 6 nitrogen and oxygen atoms in total. The van der Waals surface area contributed by atoms with Crippen LogP contribution < -0.4 is 0 Å². The first-order valence-corrected chi connectivity index (χ1v) is 19.4. The highest BCUT2D eigenvalue weighted by Gasteiger charge is 2.17. The van der Waals surface area contributed by atoms with Crippen molar-refractivity contribution >= 4 is 65.3 Å². The van der Waals surface area contributed by atoms with Crippen molar-refractivity contribution in [1.82, 2.24) is 24.5 Å². The highest BCUT2D eigenvalue weighted by molar-refractivity contribution is 6.13. The highest BCUT2D eigenvalue weighted by Crippen LogP contribution is 2.36. The average molecular weight is 742 g/mol. The Balaban J connectivity index is 0.926. The molecule has 4 heterocycles. The summed E-state index contributed by atoms with van der Waals surface area (Å²) in [6, 6.07) is 62.0. The molecule has 0 atom stereocenters. The number of rotatable bonds is 5. The van der Waals surface area contributed by atoms with E-state index in [4.69, 9.17) is 19.4 Å². The first-order valence-electron chi connectivity index (χ1n) is 19.4. The average Bonchev–Trinajstić information content (AvgIpc) is 3.83. The van der Waals surface area contributed by atoms with Crippen LogP contribution in [0, 0.1) is 0 Å². The van der Waals surface area contributed by atoms with Crippen LogP contribution in [0.15, 0.2) is 193 Å². The van der Waals surface area contributed by atoms with E-state index in [1.807, 2.05) is 12.1 Å². The number of nitrogens with zero attached hydrogens (tertiary/aromatic N) is 5. The summed E-state index contributed by atoms with van der Waals surface area (Å²) < 4.78 is 8.57. The second kappa shape index (κ2) is 12.8. The van der Waals surface area contributed by atoms with Crippen molar-refractivity contribution in [3.05, 3.63) is 188 Å². The van der Waals surface area contributed by atoms with E-state index < -0.39 is 0 Å². The Morgan fingerprint density at radius 2 is 0.931 bits per heavy atom. The number of furan rings is 1. The molecule has 58 heavy (non-hydrogen) atoms. The highest BCUT2D eigenvalue weighted by atomic mass is 16.3. The van der Waals surface area contributed by atoms with Gasteiger partial charge in [-0.2, -0.15) is 0 Å². The van der Waals surface area contributed by atoms with Gasteiger partial charge in [0.25, 0.3) is 0 Å². The fraction of sp³-hybridized carbons (Fsp3) is 0. The SMILES string of the molecule is c1ccc2cc(-c3nc(-c4ccc(-c5ccc(-n6c7ccccc7c7cc8ccccc8cc76)cc5)cc4)nc(-c4ccc5c(c4)oc4cnccc45)n3)ccc2c1. The van der Waals surface area contributed by atoms with Gasteiger partial charge in [0.1, 0.15) is 5.58 Å². The summed E-state index contributed by atoms with van der Waals surface area (Å²) in [4.78, 5) is 19.4. The zero-order valence-corrected chi connectivity index (χ0v) is 31.0. The maximum absolute atomic E-state index is 6.19. The molecule has 8 aromatic carbocycles. The van der Waals surface area contributed by atoms with E-state index in [2.05, 4.69) is 173 Å². The van der Waals surface area contributed by atoms with Gasteiger partial charge in [-0.25, -0.2) is 15.0 Å². The summed E-state index contributed by atoms with van der Waals surface area (Å²) in [6.07, 6.45) is 3.53. The minimum Gasteiger partial charge on any atom is -0.454 e. The maximum Gasteiger partial charge on any atom is 0.164 e. The van der Waals surface area contributed by atoms with Gasteiger partial charge in [0, 0.05) is 50.1 Å². The molecular weight excluding hydrogens is 711 g/mol. The first-order chi connectivity index (χ1) is 28.7. The zero-order chi connectivity index (χ0) is 38.2. The van der Waals surface area contributed by atoms with Crippen LogP contribution in [0.1, 0.15) is 0 Å². The third-order valence-corrected chi connectivity index (χ3v) is 11.3. The van der Waals surface area contributed by atoms with Gasteiger partial charge in [-0.15, -0.1) is 0 Å². The Labute approximate surface area is 332 Å². The van der Waals surface area contributed by atoms with Crippen molar-refractivity contribution in [1.29, 1.82) is 0 Å². The van der Waals surface area contributed by atoms with Crippen molar-refractivity contribution in [2.45, 2.75) is 0 Å². The smallest absolute Gasteiger partial charge is 0.164 e.